The molecule has 0 aliphatic rings. The van der Waals surface area contributed by atoms with Crippen molar-refractivity contribution in [2.75, 3.05) is 10.6 Å². The predicted molar refractivity (Wildman–Crippen MR) is 89.0 cm³/mol. The van der Waals surface area contributed by atoms with Gasteiger partial charge in [0.1, 0.15) is 0 Å². The van der Waals surface area contributed by atoms with Gasteiger partial charge in [-0.25, -0.2) is 0 Å². The van der Waals surface area contributed by atoms with E-state index in [1.807, 2.05) is 13.8 Å². The number of esters is 1. The molecule has 0 saturated carbocycles. The van der Waals surface area contributed by atoms with Crippen LogP contribution in [0.5, 0.6) is 0 Å². The molecule has 0 heterocycles. The van der Waals surface area contributed by atoms with Crippen LogP contribution in [0.2, 0.25) is 0 Å². The first-order valence-corrected chi connectivity index (χ1v) is 7.66. The lowest BCUT2D eigenvalue weighted by molar-refractivity contribution is -0.153. The van der Waals surface area contributed by atoms with Crippen molar-refractivity contribution < 1.29 is 19.1 Å². The maximum Gasteiger partial charge on any atom is 0.306 e. The van der Waals surface area contributed by atoms with Gasteiger partial charge in [-0.15, -0.1) is 0 Å². The van der Waals surface area contributed by atoms with E-state index in [0.29, 0.717) is 23.7 Å². The summed E-state index contributed by atoms with van der Waals surface area (Å²) in [5.74, 6) is -0.518. The SMILES string of the molecule is CC(=O)Nc1ccc(NC(=O)[C@H](C)OC(=O)CCC(C)C)cc1. The number of anilines is 2. The Morgan fingerprint density at radius 3 is 2.00 bits per heavy atom. The maximum absolute atomic E-state index is 12.0. The minimum Gasteiger partial charge on any atom is -0.453 e. The Bertz CT molecular complexity index is 552. The molecule has 6 nitrogen and oxygen atoms in total. The summed E-state index contributed by atoms with van der Waals surface area (Å²) in [5.41, 5.74) is 1.21. The van der Waals surface area contributed by atoms with Crippen LogP contribution < -0.4 is 10.6 Å². The molecule has 0 fully saturated rings. The van der Waals surface area contributed by atoms with Crippen molar-refractivity contribution in [1.29, 1.82) is 0 Å². The van der Waals surface area contributed by atoms with Crippen LogP contribution in [0.4, 0.5) is 11.4 Å². The molecule has 2 N–H and O–H groups in total. The summed E-state index contributed by atoms with van der Waals surface area (Å²) < 4.78 is 5.10. The highest BCUT2D eigenvalue weighted by Crippen LogP contribution is 2.14. The number of ether oxygens (including phenoxy) is 1. The lowest BCUT2D eigenvalue weighted by atomic mass is 10.1. The Labute approximate surface area is 136 Å². The van der Waals surface area contributed by atoms with Crippen LogP contribution in [0.1, 0.15) is 40.5 Å². The Hall–Kier alpha value is -2.37. The predicted octanol–water partition coefficient (Wildman–Crippen LogP) is 2.95. The van der Waals surface area contributed by atoms with Crippen LogP contribution in [0.25, 0.3) is 0 Å². The average molecular weight is 320 g/mol. The molecule has 0 spiro atoms. The first-order valence-electron chi connectivity index (χ1n) is 7.66. The number of benzene rings is 1. The monoisotopic (exact) mass is 320 g/mol. The third-order valence-electron chi connectivity index (χ3n) is 3.08. The van der Waals surface area contributed by atoms with Gasteiger partial charge in [0.05, 0.1) is 0 Å². The van der Waals surface area contributed by atoms with Crippen molar-refractivity contribution in [1.82, 2.24) is 0 Å². The number of amides is 2. The average Bonchev–Trinajstić information content (AvgIpc) is 2.46. The Kier molecular flexibility index (Phi) is 7.25. The van der Waals surface area contributed by atoms with E-state index in [2.05, 4.69) is 10.6 Å². The van der Waals surface area contributed by atoms with Crippen molar-refractivity contribution in [3.63, 3.8) is 0 Å². The van der Waals surface area contributed by atoms with Crippen molar-refractivity contribution in [3.8, 4) is 0 Å². The maximum atomic E-state index is 12.0. The highest BCUT2D eigenvalue weighted by molar-refractivity contribution is 5.95. The molecule has 1 rings (SSSR count). The summed E-state index contributed by atoms with van der Waals surface area (Å²) in [7, 11) is 0. The smallest absolute Gasteiger partial charge is 0.306 e. The van der Waals surface area contributed by atoms with Gasteiger partial charge in [0.25, 0.3) is 5.91 Å². The Morgan fingerprint density at radius 1 is 1.00 bits per heavy atom. The molecule has 0 aromatic heterocycles. The zero-order valence-electron chi connectivity index (χ0n) is 14.0. The molecule has 1 aromatic carbocycles. The Morgan fingerprint density at radius 2 is 1.52 bits per heavy atom. The quantitative estimate of drug-likeness (QED) is 0.756. The highest BCUT2D eigenvalue weighted by Gasteiger charge is 2.18. The minimum absolute atomic E-state index is 0.163. The van der Waals surface area contributed by atoms with Crippen LogP contribution in [0, 0.1) is 5.92 Å². The number of carbonyl (C=O) groups is 3. The molecule has 0 bridgehead atoms. The minimum atomic E-state index is -0.857. The molecular formula is C17H24N2O4. The van der Waals surface area contributed by atoms with Gasteiger partial charge in [0, 0.05) is 24.7 Å². The molecule has 0 aliphatic heterocycles. The molecular weight excluding hydrogens is 296 g/mol. The summed E-state index contributed by atoms with van der Waals surface area (Å²) in [6.45, 7) is 7.00. The highest BCUT2D eigenvalue weighted by atomic mass is 16.5. The van der Waals surface area contributed by atoms with E-state index in [0.717, 1.165) is 6.42 Å². The molecule has 0 aliphatic carbocycles. The number of hydrogen-bond donors (Lipinski definition) is 2. The molecule has 1 atom stereocenters. The molecule has 1 aromatic rings. The number of carbonyl (C=O) groups excluding carboxylic acids is 3. The van der Waals surface area contributed by atoms with E-state index in [1.54, 1.807) is 24.3 Å². The molecule has 6 heteroatoms. The van der Waals surface area contributed by atoms with Gasteiger partial charge < -0.3 is 15.4 Å². The molecule has 0 unspecified atom stereocenters. The van der Waals surface area contributed by atoms with Crippen LogP contribution in [-0.4, -0.2) is 23.9 Å². The second-order valence-electron chi connectivity index (χ2n) is 5.81. The van der Waals surface area contributed by atoms with Crippen molar-refractivity contribution in [3.05, 3.63) is 24.3 Å². The third kappa shape index (κ3) is 7.44. The number of rotatable bonds is 7. The lowest BCUT2D eigenvalue weighted by Crippen LogP contribution is -2.30. The van der Waals surface area contributed by atoms with Crippen molar-refractivity contribution in [2.24, 2.45) is 5.92 Å². The second kappa shape index (κ2) is 8.92. The van der Waals surface area contributed by atoms with E-state index >= 15 is 0 Å². The molecule has 23 heavy (non-hydrogen) atoms. The van der Waals surface area contributed by atoms with E-state index in [9.17, 15) is 14.4 Å². The second-order valence-corrected chi connectivity index (χ2v) is 5.81. The molecule has 0 saturated heterocycles. The van der Waals surface area contributed by atoms with Crippen LogP contribution in [-0.2, 0) is 19.1 Å². The van der Waals surface area contributed by atoms with Gasteiger partial charge in [0.15, 0.2) is 6.10 Å². The van der Waals surface area contributed by atoms with E-state index in [1.165, 1.54) is 13.8 Å². The van der Waals surface area contributed by atoms with Gasteiger partial charge in [-0.3, -0.25) is 14.4 Å². The molecule has 0 radical (unpaired) electrons. The zero-order chi connectivity index (χ0) is 17.4. The molecule has 126 valence electrons. The van der Waals surface area contributed by atoms with Gasteiger partial charge in [0.2, 0.25) is 5.91 Å². The summed E-state index contributed by atoms with van der Waals surface area (Å²) in [4.78, 5) is 34.5. The first kappa shape index (κ1) is 18.7. The summed E-state index contributed by atoms with van der Waals surface area (Å²) in [6.07, 6.45) is 0.183. The van der Waals surface area contributed by atoms with Gasteiger partial charge in [-0.05, 0) is 43.5 Å². The van der Waals surface area contributed by atoms with Crippen molar-refractivity contribution >= 4 is 29.2 Å². The normalized spacial score (nSPS) is 11.7. The number of nitrogens with one attached hydrogen (secondary N) is 2. The van der Waals surface area contributed by atoms with E-state index < -0.39 is 12.0 Å². The number of hydrogen-bond acceptors (Lipinski definition) is 4. The van der Waals surface area contributed by atoms with Crippen LogP contribution in [0.3, 0.4) is 0 Å². The van der Waals surface area contributed by atoms with Crippen LogP contribution >= 0.6 is 0 Å². The zero-order valence-corrected chi connectivity index (χ0v) is 14.0. The van der Waals surface area contributed by atoms with Gasteiger partial charge in [-0.2, -0.15) is 0 Å². The fourth-order valence-corrected chi connectivity index (χ4v) is 1.80. The first-order chi connectivity index (χ1) is 10.8. The van der Waals surface area contributed by atoms with Crippen LogP contribution in [0.15, 0.2) is 24.3 Å². The Balaban J connectivity index is 2.48. The summed E-state index contributed by atoms with van der Waals surface area (Å²) in [5, 5.41) is 5.30. The standard InChI is InChI=1S/C17H24N2O4/c1-11(2)5-10-16(21)23-12(3)17(22)19-15-8-6-14(7-9-15)18-13(4)20/h6-9,11-12H,5,10H2,1-4H3,(H,18,20)(H,19,22)/t12-/m0/s1. The lowest BCUT2D eigenvalue weighted by Gasteiger charge is -2.14. The third-order valence-corrected chi connectivity index (χ3v) is 3.08. The van der Waals surface area contributed by atoms with Gasteiger partial charge in [-0.1, -0.05) is 13.8 Å². The van der Waals surface area contributed by atoms with Crippen molar-refractivity contribution in [2.45, 2.75) is 46.6 Å². The molecule has 2 amide bonds. The fourth-order valence-electron chi connectivity index (χ4n) is 1.80. The van der Waals surface area contributed by atoms with E-state index in [4.69, 9.17) is 4.74 Å². The topological polar surface area (TPSA) is 84.5 Å². The summed E-state index contributed by atoms with van der Waals surface area (Å²) in [6, 6.07) is 6.68. The van der Waals surface area contributed by atoms with E-state index in [-0.39, 0.29) is 11.9 Å². The van der Waals surface area contributed by atoms with Gasteiger partial charge >= 0.3 is 5.97 Å². The summed E-state index contributed by atoms with van der Waals surface area (Å²) >= 11 is 0. The largest absolute Gasteiger partial charge is 0.453 e. The fraction of sp³-hybridized carbons (Fsp3) is 0.471.